The average molecular weight is 383 g/mol. The zero-order valence-corrected chi connectivity index (χ0v) is 15.4. The SMILES string of the molecule is CC(C)(C)C(=O)C(C(=O)OCc1ccc([N+](=O)[O-])cc1)N1CC(Cl)C1=O. The number of nitro benzene ring substituents is 1. The maximum atomic E-state index is 12.6. The first-order valence-corrected chi connectivity index (χ1v) is 8.35. The number of halogens is 1. The van der Waals surface area contributed by atoms with Gasteiger partial charge in [-0.2, -0.15) is 0 Å². The van der Waals surface area contributed by atoms with E-state index in [0.717, 1.165) is 4.90 Å². The number of nitrogens with zero attached hydrogens (tertiary/aromatic N) is 2. The van der Waals surface area contributed by atoms with E-state index in [-0.39, 0.29) is 18.8 Å². The van der Waals surface area contributed by atoms with E-state index in [2.05, 4.69) is 0 Å². The number of nitro groups is 1. The molecule has 9 heteroatoms. The number of carbonyl (C=O) groups excluding carboxylic acids is 3. The lowest BCUT2D eigenvalue weighted by Crippen LogP contribution is -2.64. The van der Waals surface area contributed by atoms with Gasteiger partial charge in [0.2, 0.25) is 5.91 Å². The molecule has 0 spiro atoms. The number of non-ortho nitro benzene ring substituents is 1. The number of β-lactam (4-membered cyclic amide) rings is 1. The highest BCUT2D eigenvalue weighted by atomic mass is 35.5. The van der Waals surface area contributed by atoms with Gasteiger partial charge < -0.3 is 9.64 Å². The Morgan fingerprint density at radius 2 is 1.92 bits per heavy atom. The van der Waals surface area contributed by atoms with Gasteiger partial charge in [0.15, 0.2) is 11.8 Å². The molecule has 1 aliphatic rings. The summed E-state index contributed by atoms with van der Waals surface area (Å²) >= 11 is 5.77. The van der Waals surface area contributed by atoms with Crippen molar-refractivity contribution in [1.29, 1.82) is 0 Å². The number of alkyl halides is 1. The summed E-state index contributed by atoms with van der Waals surface area (Å²) in [7, 11) is 0. The third-order valence-corrected chi connectivity index (χ3v) is 4.28. The molecule has 140 valence electrons. The monoisotopic (exact) mass is 382 g/mol. The highest BCUT2D eigenvalue weighted by Crippen LogP contribution is 2.27. The number of rotatable bonds is 6. The number of ether oxygens (including phenoxy) is 1. The Hall–Kier alpha value is -2.48. The summed E-state index contributed by atoms with van der Waals surface area (Å²) in [6.45, 7) is 4.87. The van der Waals surface area contributed by atoms with Crippen molar-refractivity contribution in [3.8, 4) is 0 Å². The molecule has 1 saturated heterocycles. The fraction of sp³-hybridized carbons (Fsp3) is 0.471. The molecule has 26 heavy (non-hydrogen) atoms. The van der Waals surface area contributed by atoms with Crippen molar-refractivity contribution in [2.45, 2.75) is 38.8 Å². The van der Waals surface area contributed by atoms with Crippen LogP contribution in [0.2, 0.25) is 0 Å². The van der Waals surface area contributed by atoms with Crippen LogP contribution in [-0.4, -0.2) is 45.4 Å². The molecule has 1 amide bonds. The molecule has 1 aromatic carbocycles. The molecular formula is C17H19ClN2O6. The van der Waals surface area contributed by atoms with Gasteiger partial charge in [0.25, 0.3) is 5.69 Å². The summed E-state index contributed by atoms with van der Waals surface area (Å²) < 4.78 is 5.18. The Kier molecular flexibility index (Phi) is 5.65. The summed E-state index contributed by atoms with van der Waals surface area (Å²) in [5.74, 6) is -1.77. The van der Waals surface area contributed by atoms with Gasteiger partial charge in [-0.05, 0) is 17.7 Å². The first-order valence-electron chi connectivity index (χ1n) is 7.91. The van der Waals surface area contributed by atoms with E-state index >= 15 is 0 Å². The fourth-order valence-electron chi connectivity index (χ4n) is 2.37. The number of carbonyl (C=O) groups is 3. The fourth-order valence-corrected chi connectivity index (χ4v) is 2.65. The Bertz CT molecular complexity index is 741. The van der Waals surface area contributed by atoms with E-state index in [0.29, 0.717) is 5.56 Å². The summed E-state index contributed by atoms with van der Waals surface area (Å²) in [6, 6.07) is 4.14. The Morgan fingerprint density at radius 3 is 2.35 bits per heavy atom. The van der Waals surface area contributed by atoms with Crippen molar-refractivity contribution >= 4 is 34.9 Å². The number of amides is 1. The molecule has 0 saturated carbocycles. The van der Waals surface area contributed by atoms with Crippen LogP contribution in [-0.2, 0) is 25.7 Å². The number of hydrogen-bond donors (Lipinski definition) is 0. The van der Waals surface area contributed by atoms with Crippen LogP contribution in [0.4, 0.5) is 5.69 Å². The smallest absolute Gasteiger partial charge is 0.337 e. The molecule has 2 rings (SSSR count). The summed E-state index contributed by atoms with van der Waals surface area (Å²) in [5.41, 5.74) is -0.411. The van der Waals surface area contributed by atoms with Gasteiger partial charge in [-0.3, -0.25) is 19.7 Å². The van der Waals surface area contributed by atoms with Crippen LogP contribution in [0.25, 0.3) is 0 Å². The quantitative estimate of drug-likeness (QED) is 0.186. The molecule has 0 aliphatic carbocycles. The molecule has 0 radical (unpaired) electrons. The Balaban J connectivity index is 2.10. The standard InChI is InChI=1S/C17H19ClN2O6/c1-17(2,3)14(21)13(19-8-12(18)15(19)22)16(23)26-9-10-4-6-11(7-5-10)20(24)25/h4-7,12-13H,8-9H2,1-3H3. The molecule has 2 atom stereocenters. The van der Waals surface area contributed by atoms with Gasteiger partial charge in [0.05, 0.1) is 4.92 Å². The second-order valence-electron chi connectivity index (χ2n) is 7.01. The Labute approximate surface area is 155 Å². The molecule has 1 fully saturated rings. The Morgan fingerprint density at radius 1 is 1.35 bits per heavy atom. The van der Waals surface area contributed by atoms with Crippen molar-refractivity contribution in [2.24, 2.45) is 5.41 Å². The number of esters is 1. The minimum Gasteiger partial charge on any atom is -0.459 e. The number of likely N-dealkylation sites (tertiary alicyclic amines) is 1. The largest absolute Gasteiger partial charge is 0.459 e. The first kappa shape index (κ1) is 19.8. The van der Waals surface area contributed by atoms with Crippen LogP contribution >= 0.6 is 11.6 Å². The maximum Gasteiger partial charge on any atom is 0.337 e. The van der Waals surface area contributed by atoms with E-state index in [9.17, 15) is 24.5 Å². The van der Waals surface area contributed by atoms with Crippen LogP contribution in [0.5, 0.6) is 0 Å². The molecule has 8 nitrogen and oxygen atoms in total. The van der Waals surface area contributed by atoms with Gasteiger partial charge >= 0.3 is 5.97 Å². The molecule has 0 bridgehead atoms. The van der Waals surface area contributed by atoms with Crippen LogP contribution in [0.15, 0.2) is 24.3 Å². The lowest BCUT2D eigenvalue weighted by Gasteiger charge is -2.40. The second kappa shape index (κ2) is 7.41. The molecule has 0 N–H and O–H groups in total. The van der Waals surface area contributed by atoms with Crippen molar-refractivity contribution in [2.75, 3.05) is 6.54 Å². The van der Waals surface area contributed by atoms with Gasteiger partial charge in [0.1, 0.15) is 12.0 Å². The molecule has 0 aromatic heterocycles. The molecule has 1 aromatic rings. The number of benzene rings is 1. The number of Topliss-reactive ketones (excluding diaryl/α,β-unsaturated/α-hetero) is 1. The summed E-state index contributed by atoms with van der Waals surface area (Å²) in [5, 5.41) is 9.90. The van der Waals surface area contributed by atoms with E-state index in [1.807, 2.05) is 0 Å². The summed E-state index contributed by atoms with van der Waals surface area (Å²) in [6.07, 6.45) is 0. The van der Waals surface area contributed by atoms with Gasteiger partial charge in [0, 0.05) is 24.1 Å². The van der Waals surface area contributed by atoms with Crippen molar-refractivity contribution in [3.05, 3.63) is 39.9 Å². The van der Waals surface area contributed by atoms with Crippen LogP contribution in [0, 0.1) is 15.5 Å². The van der Waals surface area contributed by atoms with E-state index in [1.165, 1.54) is 24.3 Å². The molecule has 1 aliphatic heterocycles. The third kappa shape index (κ3) is 4.19. The maximum absolute atomic E-state index is 12.6. The van der Waals surface area contributed by atoms with E-state index < -0.39 is 39.4 Å². The lowest BCUT2D eigenvalue weighted by molar-refractivity contribution is -0.384. The van der Waals surface area contributed by atoms with Gasteiger partial charge in [-0.25, -0.2) is 4.79 Å². The zero-order valence-electron chi connectivity index (χ0n) is 14.6. The van der Waals surface area contributed by atoms with Crippen LogP contribution in [0.3, 0.4) is 0 Å². The van der Waals surface area contributed by atoms with Gasteiger partial charge in [-0.15, -0.1) is 11.6 Å². The van der Waals surface area contributed by atoms with Crippen LogP contribution in [0.1, 0.15) is 26.3 Å². The first-order chi connectivity index (χ1) is 12.0. The number of hydrogen-bond acceptors (Lipinski definition) is 6. The third-order valence-electron chi connectivity index (χ3n) is 3.96. The van der Waals surface area contributed by atoms with E-state index in [1.54, 1.807) is 20.8 Å². The summed E-state index contributed by atoms with van der Waals surface area (Å²) in [4.78, 5) is 48.2. The normalized spacial score (nSPS) is 18.1. The van der Waals surface area contributed by atoms with E-state index in [4.69, 9.17) is 16.3 Å². The predicted octanol–water partition coefficient (Wildman–Crippen LogP) is 2.07. The second-order valence-corrected chi connectivity index (χ2v) is 7.53. The molecule has 1 heterocycles. The zero-order chi connectivity index (χ0) is 19.6. The van der Waals surface area contributed by atoms with Crippen molar-refractivity contribution in [3.63, 3.8) is 0 Å². The minimum atomic E-state index is -1.35. The highest BCUT2D eigenvalue weighted by Gasteiger charge is 2.49. The minimum absolute atomic E-state index is 0.0832. The topological polar surface area (TPSA) is 107 Å². The predicted molar refractivity (Wildman–Crippen MR) is 92.5 cm³/mol. The van der Waals surface area contributed by atoms with Gasteiger partial charge in [-0.1, -0.05) is 20.8 Å². The average Bonchev–Trinajstić information content (AvgIpc) is 2.58. The molecule has 2 unspecified atom stereocenters. The number of ketones is 1. The van der Waals surface area contributed by atoms with Crippen molar-refractivity contribution in [1.82, 2.24) is 4.90 Å². The van der Waals surface area contributed by atoms with Crippen molar-refractivity contribution < 1.29 is 24.0 Å². The lowest BCUT2D eigenvalue weighted by atomic mass is 9.85. The highest BCUT2D eigenvalue weighted by molar-refractivity contribution is 6.33. The van der Waals surface area contributed by atoms with Crippen LogP contribution < -0.4 is 0 Å². The molecular weight excluding hydrogens is 364 g/mol.